The normalized spacial score (nSPS) is 20.0. The number of morpholine rings is 1. The average molecular weight is 652 g/mol. The van der Waals surface area contributed by atoms with Crippen molar-refractivity contribution in [3.05, 3.63) is 48.6 Å². The molecule has 0 bridgehead atoms. The fourth-order valence-electron chi connectivity index (χ4n) is 6.18. The number of nitrogens with two attached hydrogens (primary N) is 1. The van der Waals surface area contributed by atoms with E-state index in [1.54, 1.807) is 12.1 Å². The lowest BCUT2D eigenvalue weighted by molar-refractivity contribution is -0.117. The Morgan fingerprint density at radius 3 is 2.65 bits per heavy atom. The highest BCUT2D eigenvalue weighted by Crippen LogP contribution is 2.47. The number of fused-ring (bicyclic) bond motifs is 2. The number of hydrogen-bond donors (Lipinski definition) is 2. The lowest BCUT2D eigenvalue weighted by Crippen LogP contribution is -2.44. The molecule has 46 heavy (non-hydrogen) atoms. The first-order valence-electron chi connectivity index (χ1n) is 15.4. The monoisotopic (exact) mass is 651 g/mol. The van der Waals surface area contributed by atoms with E-state index >= 15 is 4.39 Å². The molecule has 3 aliphatic rings. The summed E-state index contributed by atoms with van der Waals surface area (Å²) in [6.45, 7) is 9.54. The molecule has 2 aliphatic heterocycles. The molecule has 2 saturated heterocycles. The van der Waals surface area contributed by atoms with Crippen LogP contribution in [0.3, 0.4) is 0 Å². The van der Waals surface area contributed by atoms with Crippen LogP contribution in [0.1, 0.15) is 12.8 Å². The molecule has 1 unspecified atom stereocenters. The summed E-state index contributed by atoms with van der Waals surface area (Å²) in [5.41, 5.74) is 6.85. The maximum Gasteiger partial charge on any atom is 0.319 e. The summed E-state index contributed by atoms with van der Waals surface area (Å²) in [6, 6.07) is 5.88. The number of halogens is 2. The van der Waals surface area contributed by atoms with Crippen LogP contribution in [0.2, 0.25) is 0 Å². The van der Waals surface area contributed by atoms with Gasteiger partial charge in [-0.25, -0.2) is 13.8 Å². The number of rotatable bonds is 9. The lowest BCUT2D eigenvalue weighted by atomic mass is 10.0. The fourth-order valence-corrected chi connectivity index (χ4v) is 6.94. The number of aromatic nitrogens is 3. The first kappa shape index (κ1) is 30.7. The number of carbonyl (C=O) groups is 1. The maximum atomic E-state index is 16.7. The van der Waals surface area contributed by atoms with E-state index in [0.717, 1.165) is 57.0 Å². The molecule has 4 aromatic rings. The van der Waals surface area contributed by atoms with Gasteiger partial charge >= 0.3 is 6.01 Å². The van der Waals surface area contributed by atoms with Crippen LogP contribution in [0.5, 0.6) is 6.01 Å². The molecule has 14 heteroatoms. The molecule has 1 aliphatic carbocycles. The zero-order chi connectivity index (χ0) is 31.8. The summed E-state index contributed by atoms with van der Waals surface area (Å²) < 4.78 is 49.1. The van der Waals surface area contributed by atoms with Gasteiger partial charge in [0, 0.05) is 54.7 Å². The van der Waals surface area contributed by atoms with Gasteiger partial charge in [-0.05, 0) is 37.1 Å². The Morgan fingerprint density at radius 2 is 1.87 bits per heavy atom. The highest BCUT2D eigenvalue weighted by molar-refractivity contribution is 7.22. The third kappa shape index (κ3) is 6.21. The van der Waals surface area contributed by atoms with Gasteiger partial charge in [-0.3, -0.25) is 9.69 Å². The van der Waals surface area contributed by atoms with Crippen molar-refractivity contribution in [3.8, 4) is 17.1 Å². The zero-order valence-electron chi connectivity index (χ0n) is 25.3. The van der Waals surface area contributed by atoms with E-state index in [1.165, 1.54) is 18.2 Å². The Hall–Kier alpha value is -3.98. The molecule has 242 valence electrons. The standard InChI is InChI=1S/C32H35F2N7O4S/c1-2-24(42)36-19-15-41(11-14-44-16-19)29-22-4-3-20(21-5-6-23(33)28-27(21)37-30(35)46-28)25(34)26(22)38-31(39-29)45-18-32(7-8-32)17-40-9-12-43-13-10-40/h2-6,19H,1,7-18H2,(H2,35,37)(H,36,42). The van der Waals surface area contributed by atoms with Crippen molar-refractivity contribution in [2.45, 2.75) is 18.9 Å². The molecular formula is C32H35F2N7O4S. The summed E-state index contributed by atoms with van der Waals surface area (Å²) >= 11 is 1.01. The number of amides is 1. The number of nitrogens with one attached hydrogen (secondary N) is 1. The second-order valence-electron chi connectivity index (χ2n) is 12.1. The molecule has 0 radical (unpaired) electrons. The van der Waals surface area contributed by atoms with Crippen LogP contribution in [0.25, 0.3) is 32.2 Å². The van der Waals surface area contributed by atoms with E-state index in [1.807, 2.05) is 4.90 Å². The van der Waals surface area contributed by atoms with Gasteiger partial charge < -0.3 is 30.2 Å². The SMILES string of the molecule is C=CC(=O)NC1COCCN(c2nc(OCC3(CN4CCOCC4)CC3)nc3c(F)c(-c4ccc(F)c5sc(N)nc45)ccc23)C1. The van der Waals surface area contributed by atoms with E-state index in [0.29, 0.717) is 49.7 Å². The van der Waals surface area contributed by atoms with Gasteiger partial charge in [-0.2, -0.15) is 9.97 Å². The predicted molar refractivity (Wildman–Crippen MR) is 172 cm³/mol. The van der Waals surface area contributed by atoms with Crippen molar-refractivity contribution in [1.29, 1.82) is 0 Å². The Balaban J connectivity index is 1.27. The van der Waals surface area contributed by atoms with Gasteiger partial charge in [0.1, 0.15) is 17.2 Å². The van der Waals surface area contributed by atoms with Crippen molar-refractivity contribution in [2.24, 2.45) is 5.41 Å². The second-order valence-corrected chi connectivity index (χ2v) is 13.1. The maximum absolute atomic E-state index is 16.7. The second kappa shape index (κ2) is 12.7. The molecule has 2 aromatic heterocycles. The van der Waals surface area contributed by atoms with Gasteiger partial charge in [0.25, 0.3) is 0 Å². The Bertz CT molecular complexity index is 1790. The molecule has 0 spiro atoms. The Labute approximate surface area is 268 Å². The van der Waals surface area contributed by atoms with Crippen molar-refractivity contribution in [2.75, 3.05) is 76.4 Å². The van der Waals surface area contributed by atoms with E-state index in [-0.39, 0.29) is 49.8 Å². The summed E-state index contributed by atoms with van der Waals surface area (Å²) in [6.07, 6.45) is 3.26. The first-order chi connectivity index (χ1) is 22.3. The number of carbonyl (C=O) groups excluding carboxylic acids is 1. The van der Waals surface area contributed by atoms with Crippen LogP contribution in [-0.4, -0.2) is 97.6 Å². The molecule has 3 N–H and O–H groups in total. The van der Waals surface area contributed by atoms with Gasteiger partial charge in [0.15, 0.2) is 10.9 Å². The Kier molecular flexibility index (Phi) is 8.44. The number of thiazole rings is 1. The highest BCUT2D eigenvalue weighted by atomic mass is 32.1. The molecule has 1 amide bonds. The minimum atomic E-state index is -0.609. The largest absolute Gasteiger partial charge is 0.463 e. The smallest absolute Gasteiger partial charge is 0.319 e. The molecule has 2 aromatic carbocycles. The quantitative estimate of drug-likeness (QED) is 0.258. The minimum absolute atomic E-state index is 0.0169. The summed E-state index contributed by atoms with van der Waals surface area (Å²) in [7, 11) is 0. The topological polar surface area (TPSA) is 128 Å². The van der Waals surface area contributed by atoms with Crippen LogP contribution in [0.15, 0.2) is 36.9 Å². The number of nitrogens with zero attached hydrogens (tertiary/aromatic N) is 5. The average Bonchev–Trinajstić information content (AvgIpc) is 3.77. The lowest BCUT2D eigenvalue weighted by Gasteiger charge is -2.30. The van der Waals surface area contributed by atoms with Gasteiger partial charge in [0.2, 0.25) is 5.91 Å². The minimum Gasteiger partial charge on any atom is -0.463 e. The number of nitrogen functional groups attached to an aromatic ring is 1. The molecule has 7 rings (SSSR count). The summed E-state index contributed by atoms with van der Waals surface area (Å²) in [5, 5.41) is 3.55. The third-order valence-corrected chi connectivity index (χ3v) is 9.69. The van der Waals surface area contributed by atoms with Gasteiger partial charge in [-0.15, -0.1) is 0 Å². The van der Waals surface area contributed by atoms with Crippen molar-refractivity contribution in [3.63, 3.8) is 0 Å². The molecule has 1 saturated carbocycles. The van der Waals surface area contributed by atoms with E-state index in [9.17, 15) is 9.18 Å². The van der Waals surface area contributed by atoms with Gasteiger partial charge in [0.05, 0.1) is 49.3 Å². The van der Waals surface area contributed by atoms with Crippen LogP contribution >= 0.6 is 11.3 Å². The number of hydrogen-bond acceptors (Lipinski definition) is 11. The van der Waals surface area contributed by atoms with Crippen LogP contribution < -0.4 is 20.7 Å². The molecule has 1 atom stereocenters. The van der Waals surface area contributed by atoms with Crippen molar-refractivity contribution < 1.29 is 27.8 Å². The van der Waals surface area contributed by atoms with Crippen molar-refractivity contribution in [1.82, 2.24) is 25.2 Å². The predicted octanol–water partition coefficient (Wildman–Crippen LogP) is 3.77. The number of benzene rings is 2. The van der Waals surface area contributed by atoms with E-state index < -0.39 is 11.6 Å². The van der Waals surface area contributed by atoms with Crippen LogP contribution in [0.4, 0.5) is 19.7 Å². The first-order valence-corrected chi connectivity index (χ1v) is 16.2. The van der Waals surface area contributed by atoms with Crippen LogP contribution in [-0.2, 0) is 14.3 Å². The zero-order valence-corrected chi connectivity index (χ0v) is 26.1. The molecule has 4 heterocycles. The van der Waals surface area contributed by atoms with E-state index in [2.05, 4.69) is 26.8 Å². The number of ether oxygens (including phenoxy) is 3. The summed E-state index contributed by atoms with van der Waals surface area (Å²) in [4.78, 5) is 30.2. The molecule has 3 fully saturated rings. The fraction of sp³-hybridized carbons (Fsp3) is 0.438. The number of anilines is 2. The van der Waals surface area contributed by atoms with E-state index in [4.69, 9.17) is 24.9 Å². The van der Waals surface area contributed by atoms with Gasteiger partial charge in [-0.1, -0.05) is 24.0 Å². The molecular weight excluding hydrogens is 616 g/mol. The molecule has 11 nitrogen and oxygen atoms in total. The summed E-state index contributed by atoms with van der Waals surface area (Å²) in [5.74, 6) is -0.926. The van der Waals surface area contributed by atoms with Crippen LogP contribution in [0, 0.1) is 17.0 Å². The van der Waals surface area contributed by atoms with Crippen molar-refractivity contribution >= 4 is 49.3 Å². The highest BCUT2D eigenvalue weighted by Gasteiger charge is 2.45. The Morgan fingerprint density at radius 1 is 1.09 bits per heavy atom. The third-order valence-electron chi connectivity index (χ3n) is 8.79.